The summed E-state index contributed by atoms with van der Waals surface area (Å²) in [5.41, 5.74) is -1.30. The van der Waals surface area contributed by atoms with E-state index < -0.39 is 29.1 Å². The Morgan fingerprint density at radius 3 is 1.93 bits per heavy atom. The van der Waals surface area contributed by atoms with Crippen molar-refractivity contribution in [3.63, 3.8) is 0 Å². The molecule has 2 aromatic rings. The van der Waals surface area contributed by atoms with Gasteiger partial charge >= 0.3 is 12.1 Å². The summed E-state index contributed by atoms with van der Waals surface area (Å²) < 4.78 is 48.5. The first kappa shape index (κ1) is 18.9. The van der Waals surface area contributed by atoms with E-state index in [-0.39, 0.29) is 12.2 Å². The summed E-state index contributed by atoms with van der Waals surface area (Å²) >= 11 is 0. The average Bonchev–Trinajstić information content (AvgIpc) is 3.42. The van der Waals surface area contributed by atoms with Crippen LogP contribution in [-0.4, -0.2) is 24.0 Å². The van der Waals surface area contributed by atoms with E-state index in [1.54, 1.807) is 19.1 Å². The molecule has 4 nitrogen and oxygen atoms in total. The molecule has 0 N–H and O–H groups in total. The van der Waals surface area contributed by atoms with Crippen LogP contribution in [0.3, 0.4) is 0 Å². The molecule has 0 amide bonds. The standard InChI is InChI=1S/C20H17F3O4/c1-2-26-18(25)19(11-12-19)27-16-9-5-14(6-10-16)17(24)13-3-7-15(8-4-13)20(21,22)23/h3-10H,2,11-12H2,1H3. The molecular weight excluding hydrogens is 361 g/mol. The summed E-state index contributed by atoms with van der Waals surface area (Å²) in [7, 11) is 0. The van der Waals surface area contributed by atoms with Gasteiger partial charge in [-0.3, -0.25) is 4.79 Å². The number of benzene rings is 2. The highest BCUT2D eigenvalue weighted by atomic mass is 19.4. The van der Waals surface area contributed by atoms with Crippen LogP contribution >= 0.6 is 0 Å². The van der Waals surface area contributed by atoms with E-state index in [1.165, 1.54) is 12.1 Å². The van der Waals surface area contributed by atoms with Gasteiger partial charge in [0.1, 0.15) is 5.75 Å². The van der Waals surface area contributed by atoms with E-state index in [0.717, 1.165) is 24.3 Å². The minimum atomic E-state index is -4.45. The largest absolute Gasteiger partial charge is 0.476 e. The number of carbonyl (C=O) groups is 2. The van der Waals surface area contributed by atoms with Crippen LogP contribution in [0.25, 0.3) is 0 Å². The zero-order valence-corrected chi connectivity index (χ0v) is 14.5. The first-order valence-electron chi connectivity index (χ1n) is 8.43. The van der Waals surface area contributed by atoms with Gasteiger partial charge in [-0.15, -0.1) is 0 Å². The maximum Gasteiger partial charge on any atom is 0.416 e. The van der Waals surface area contributed by atoms with Crippen LogP contribution in [0.15, 0.2) is 48.5 Å². The molecule has 0 saturated heterocycles. The van der Waals surface area contributed by atoms with Crippen molar-refractivity contribution in [2.24, 2.45) is 0 Å². The summed E-state index contributed by atoms with van der Waals surface area (Å²) in [6.07, 6.45) is -3.31. The van der Waals surface area contributed by atoms with Crippen molar-refractivity contribution in [2.75, 3.05) is 6.61 Å². The average molecular weight is 378 g/mol. The van der Waals surface area contributed by atoms with Gasteiger partial charge in [0.15, 0.2) is 5.78 Å². The lowest BCUT2D eigenvalue weighted by molar-refractivity contribution is -0.153. The highest BCUT2D eigenvalue weighted by Crippen LogP contribution is 2.41. The van der Waals surface area contributed by atoms with Crippen molar-refractivity contribution >= 4 is 11.8 Å². The molecule has 1 fully saturated rings. The maximum absolute atomic E-state index is 12.6. The Balaban J connectivity index is 1.70. The first-order valence-corrected chi connectivity index (χ1v) is 8.43. The van der Waals surface area contributed by atoms with Crippen LogP contribution in [-0.2, 0) is 15.7 Å². The quantitative estimate of drug-likeness (QED) is 0.552. The van der Waals surface area contributed by atoms with E-state index in [1.807, 2.05) is 0 Å². The number of hydrogen-bond donors (Lipinski definition) is 0. The van der Waals surface area contributed by atoms with Crippen molar-refractivity contribution in [1.82, 2.24) is 0 Å². The molecular formula is C20H17F3O4. The monoisotopic (exact) mass is 378 g/mol. The van der Waals surface area contributed by atoms with Gasteiger partial charge in [-0.2, -0.15) is 13.2 Å². The van der Waals surface area contributed by atoms with Gasteiger partial charge < -0.3 is 9.47 Å². The summed E-state index contributed by atoms with van der Waals surface area (Å²) in [5.74, 6) is -0.388. The Morgan fingerprint density at radius 1 is 0.963 bits per heavy atom. The smallest absolute Gasteiger partial charge is 0.416 e. The summed E-state index contributed by atoms with van der Waals surface area (Å²) in [6, 6.07) is 10.2. The molecule has 0 aliphatic heterocycles. The Bertz CT molecular complexity index is 835. The third-order valence-electron chi connectivity index (χ3n) is 4.26. The third kappa shape index (κ3) is 4.13. The van der Waals surface area contributed by atoms with E-state index in [2.05, 4.69) is 0 Å². The Hall–Kier alpha value is -2.83. The van der Waals surface area contributed by atoms with Gasteiger partial charge in [-0.05, 0) is 43.3 Å². The van der Waals surface area contributed by atoms with Crippen LogP contribution in [0, 0.1) is 0 Å². The lowest BCUT2D eigenvalue weighted by Crippen LogP contribution is -2.31. The van der Waals surface area contributed by atoms with Crippen molar-refractivity contribution in [3.05, 3.63) is 65.2 Å². The van der Waals surface area contributed by atoms with Gasteiger partial charge in [0.25, 0.3) is 0 Å². The highest BCUT2D eigenvalue weighted by molar-refractivity contribution is 6.09. The summed E-state index contributed by atoms with van der Waals surface area (Å²) in [6.45, 7) is 1.99. The molecule has 1 saturated carbocycles. The molecule has 0 heterocycles. The van der Waals surface area contributed by atoms with E-state index in [4.69, 9.17) is 9.47 Å². The normalized spacial score (nSPS) is 15.1. The number of ketones is 1. The molecule has 1 aliphatic rings. The van der Waals surface area contributed by atoms with Crippen LogP contribution in [0.2, 0.25) is 0 Å². The molecule has 2 aromatic carbocycles. The second-order valence-electron chi connectivity index (χ2n) is 6.25. The lowest BCUT2D eigenvalue weighted by Gasteiger charge is -2.16. The number of carbonyl (C=O) groups excluding carboxylic acids is 2. The number of halogens is 3. The van der Waals surface area contributed by atoms with Crippen LogP contribution < -0.4 is 4.74 Å². The fraction of sp³-hybridized carbons (Fsp3) is 0.300. The fourth-order valence-electron chi connectivity index (χ4n) is 2.60. The molecule has 1 aliphatic carbocycles. The van der Waals surface area contributed by atoms with Crippen LogP contribution in [0.5, 0.6) is 5.75 Å². The number of esters is 1. The molecule has 142 valence electrons. The topological polar surface area (TPSA) is 52.6 Å². The molecule has 0 aromatic heterocycles. The van der Waals surface area contributed by atoms with Crippen LogP contribution in [0.4, 0.5) is 13.2 Å². The minimum absolute atomic E-state index is 0.154. The molecule has 7 heteroatoms. The second kappa shape index (κ2) is 7.06. The van der Waals surface area contributed by atoms with E-state index in [9.17, 15) is 22.8 Å². The predicted octanol–water partition coefficient (Wildman–Crippen LogP) is 4.41. The van der Waals surface area contributed by atoms with Gasteiger partial charge in [0, 0.05) is 24.0 Å². The molecule has 0 unspecified atom stereocenters. The third-order valence-corrected chi connectivity index (χ3v) is 4.26. The SMILES string of the molecule is CCOC(=O)C1(Oc2ccc(C(=O)c3ccc(C(F)(F)F)cc3)cc2)CC1. The predicted molar refractivity (Wildman–Crippen MR) is 90.5 cm³/mol. The van der Waals surface area contributed by atoms with Crippen molar-refractivity contribution in [3.8, 4) is 5.75 Å². The Morgan fingerprint density at radius 2 is 1.48 bits per heavy atom. The van der Waals surface area contributed by atoms with Gasteiger partial charge in [0.05, 0.1) is 12.2 Å². The molecule has 0 spiro atoms. The Labute approximate surface area is 153 Å². The molecule has 0 radical (unpaired) electrons. The van der Waals surface area contributed by atoms with Gasteiger partial charge in [-0.25, -0.2) is 4.79 Å². The molecule has 0 atom stereocenters. The van der Waals surface area contributed by atoms with E-state index in [0.29, 0.717) is 24.2 Å². The zero-order valence-electron chi connectivity index (χ0n) is 14.5. The van der Waals surface area contributed by atoms with E-state index >= 15 is 0 Å². The highest BCUT2D eigenvalue weighted by Gasteiger charge is 2.54. The fourth-order valence-corrected chi connectivity index (χ4v) is 2.60. The number of hydrogen-bond acceptors (Lipinski definition) is 4. The van der Waals surface area contributed by atoms with Crippen molar-refractivity contribution in [1.29, 1.82) is 0 Å². The lowest BCUT2D eigenvalue weighted by atomic mass is 10.0. The Kier molecular flexibility index (Phi) is 4.95. The van der Waals surface area contributed by atoms with Gasteiger partial charge in [0.2, 0.25) is 5.60 Å². The second-order valence-corrected chi connectivity index (χ2v) is 6.25. The molecule has 3 rings (SSSR count). The summed E-state index contributed by atoms with van der Waals surface area (Å²) in [5, 5.41) is 0. The maximum atomic E-state index is 12.6. The molecule has 0 bridgehead atoms. The summed E-state index contributed by atoms with van der Waals surface area (Å²) in [4.78, 5) is 24.3. The number of rotatable bonds is 6. The van der Waals surface area contributed by atoms with Crippen molar-refractivity contribution < 1.29 is 32.2 Å². The first-order chi connectivity index (χ1) is 12.7. The van der Waals surface area contributed by atoms with Crippen molar-refractivity contribution in [2.45, 2.75) is 31.5 Å². The zero-order chi connectivity index (χ0) is 19.7. The number of ether oxygens (including phenoxy) is 2. The van der Waals surface area contributed by atoms with Crippen LogP contribution in [0.1, 0.15) is 41.3 Å². The van der Waals surface area contributed by atoms with Gasteiger partial charge in [-0.1, -0.05) is 12.1 Å². The minimum Gasteiger partial charge on any atom is -0.476 e. The molecule has 27 heavy (non-hydrogen) atoms. The number of alkyl halides is 3.